The van der Waals surface area contributed by atoms with Gasteiger partial charge in [-0.3, -0.25) is 0 Å². The van der Waals surface area contributed by atoms with Crippen molar-refractivity contribution in [3.05, 3.63) is 60.2 Å². The fourth-order valence-electron chi connectivity index (χ4n) is 5.42. The van der Waals surface area contributed by atoms with Crippen LogP contribution in [0.3, 0.4) is 0 Å². The molecule has 31 heavy (non-hydrogen) atoms. The quantitative estimate of drug-likeness (QED) is 0.227. The molecule has 2 aliphatic carbocycles. The molecule has 0 aromatic heterocycles. The summed E-state index contributed by atoms with van der Waals surface area (Å²) in [6.45, 7) is 2.26. The molecular formula is C28H40F2S. The summed E-state index contributed by atoms with van der Waals surface area (Å²) < 4.78 is 26.5. The maximum Gasteiger partial charge on any atom is 0.285 e. The highest BCUT2D eigenvalue weighted by molar-refractivity contribution is 8.01. The second-order valence-corrected chi connectivity index (χ2v) is 10.8. The normalized spacial score (nSPS) is 28.3. The number of hydrogen-bond acceptors (Lipinski definition) is 1. The van der Waals surface area contributed by atoms with Gasteiger partial charge in [0.15, 0.2) is 0 Å². The summed E-state index contributed by atoms with van der Waals surface area (Å²) in [7, 11) is 0. The van der Waals surface area contributed by atoms with E-state index in [0.717, 1.165) is 30.5 Å². The smallest absolute Gasteiger partial charge is 0.198 e. The summed E-state index contributed by atoms with van der Waals surface area (Å²) in [5, 5.41) is 0. The maximum atomic E-state index is 13.5. The van der Waals surface area contributed by atoms with Gasteiger partial charge in [0.1, 0.15) is 0 Å². The number of benzene rings is 1. The van der Waals surface area contributed by atoms with Crippen molar-refractivity contribution in [3.63, 3.8) is 0 Å². The van der Waals surface area contributed by atoms with Crippen LogP contribution in [-0.2, 0) is 0 Å². The van der Waals surface area contributed by atoms with E-state index < -0.39 is 10.5 Å². The molecule has 172 valence electrons. The molecule has 0 saturated heterocycles. The molecule has 0 bridgehead atoms. The molecule has 0 heterocycles. The molecular weight excluding hydrogens is 406 g/mol. The van der Waals surface area contributed by atoms with Gasteiger partial charge in [0, 0.05) is 5.92 Å². The number of halogens is 2. The molecule has 1 aromatic carbocycles. The lowest BCUT2D eigenvalue weighted by Crippen LogP contribution is -2.36. The van der Waals surface area contributed by atoms with E-state index in [1.165, 1.54) is 69.8 Å². The summed E-state index contributed by atoms with van der Waals surface area (Å²) in [5.41, 5.74) is 1.23. The lowest BCUT2D eigenvalue weighted by atomic mass is 9.72. The lowest BCUT2D eigenvalue weighted by molar-refractivity contribution is 0.231. The fraction of sp³-hybridized carbons (Fsp3) is 0.643. The zero-order chi connectivity index (χ0) is 21.9. The van der Waals surface area contributed by atoms with Crippen molar-refractivity contribution in [1.82, 2.24) is 0 Å². The highest BCUT2D eigenvalue weighted by Crippen LogP contribution is 2.49. The van der Waals surface area contributed by atoms with E-state index in [1.54, 1.807) is 0 Å². The van der Waals surface area contributed by atoms with Crippen LogP contribution in [0.4, 0.5) is 8.78 Å². The molecule has 3 heteroatoms. The monoisotopic (exact) mass is 446 g/mol. The van der Waals surface area contributed by atoms with E-state index >= 15 is 0 Å². The van der Waals surface area contributed by atoms with Crippen LogP contribution in [0.2, 0.25) is 0 Å². The van der Waals surface area contributed by atoms with Crippen LogP contribution in [0, 0.1) is 11.8 Å². The summed E-state index contributed by atoms with van der Waals surface area (Å²) >= 11 is 0.852. The van der Waals surface area contributed by atoms with Gasteiger partial charge in [-0.1, -0.05) is 138 Å². The molecule has 1 fully saturated rings. The average Bonchev–Trinajstić information content (AvgIpc) is 2.79. The molecule has 0 amide bonds. The minimum atomic E-state index is -2.34. The standard InChI is InChI=1S/C28H40F2S/c1-2-3-4-5-6-7-9-12-23-15-17-26(18-16-23)28(31-27(29)30)21-19-25(20-22-28)24-13-10-8-11-14-24/h8,10-11,13-14,19-23,25-27H,2-7,9,12,15-18H2,1H3/t23-,25?,26-,28?. The summed E-state index contributed by atoms with van der Waals surface area (Å²) in [4.78, 5) is 0. The van der Waals surface area contributed by atoms with Crippen molar-refractivity contribution < 1.29 is 8.78 Å². The highest BCUT2D eigenvalue weighted by atomic mass is 32.2. The van der Waals surface area contributed by atoms with Gasteiger partial charge in [0.05, 0.1) is 4.75 Å². The molecule has 0 spiro atoms. The molecule has 0 nitrogen and oxygen atoms in total. The number of alkyl halides is 2. The predicted octanol–water partition coefficient (Wildman–Crippen LogP) is 9.54. The summed E-state index contributed by atoms with van der Waals surface area (Å²) in [5.74, 6) is -1.02. The van der Waals surface area contributed by atoms with Crippen molar-refractivity contribution in [3.8, 4) is 0 Å². The number of hydrogen-bond donors (Lipinski definition) is 0. The molecule has 1 saturated carbocycles. The van der Waals surface area contributed by atoms with E-state index in [0.29, 0.717) is 5.92 Å². The van der Waals surface area contributed by atoms with Crippen LogP contribution in [0.1, 0.15) is 95.5 Å². The van der Waals surface area contributed by atoms with Gasteiger partial charge >= 0.3 is 0 Å². The van der Waals surface area contributed by atoms with Crippen LogP contribution >= 0.6 is 11.8 Å². The van der Waals surface area contributed by atoms with Crippen LogP contribution in [0.15, 0.2) is 54.6 Å². The molecule has 0 N–H and O–H groups in total. The fourth-order valence-corrected chi connectivity index (χ4v) is 6.47. The van der Waals surface area contributed by atoms with Crippen molar-refractivity contribution >= 4 is 11.8 Å². The van der Waals surface area contributed by atoms with Crippen molar-refractivity contribution in [1.29, 1.82) is 0 Å². The number of thioether (sulfide) groups is 1. The van der Waals surface area contributed by atoms with Gasteiger partial charge in [-0.2, -0.15) is 8.78 Å². The third-order valence-corrected chi connectivity index (χ3v) is 8.50. The topological polar surface area (TPSA) is 0 Å². The average molecular weight is 447 g/mol. The van der Waals surface area contributed by atoms with E-state index in [-0.39, 0.29) is 5.92 Å². The van der Waals surface area contributed by atoms with Crippen LogP contribution < -0.4 is 0 Å². The van der Waals surface area contributed by atoms with E-state index in [9.17, 15) is 8.78 Å². The first kappa shape index (κ1) is 24.6. The Kier molecular flexibility index (Phi) is 10.2. The second-order valence-electron chi connectivity index (χ2n) is 9.51. The third-order valence-electron chi connectivity index (χ3n) is 7.31. The van der Waals surface area contributed by atoms with Gasteiger partial charge in [0.2, 0.25) is 0 Å². The molecule has 3 rings (SSSR count). The SMILES string of the molecule is CCCCCCCCC[C@H]1CC[C@H](C2(SC(F)F)C=CC(c3ccccc3)C=C2)CC1. The molecule has 2 aliphatic rings. The van der Waals surface area contributed by atoms with E-state index in [2.05, 4.69) is 43.4 Å². The van der Waals surface area contributed by atoms with Gasteiger partial charge in [0.25, 0.3) is 5.76 Å². The highest BCUT2D eigenvalue weighted by Gasteiger charge is 2.41. The number of allylic oxidation sites excluding steroid dienone is 2. The Morgan fingerprint density at radius 1 is 0.871 bits per heavy atom. The summed E-state index contributed by atoms with van der Waals surface area (Å²) in [6.07, 6.45) is 23.9. The maximum absolute atomic E-state index is 13.5. The van der Waals surface area contributed by atoms with Crippen molar-refractivity contribution in [2.45, 2.75) is 100 Å². The Morgan fingerprint density at radius 2 is 1.48 bits per heavy atom. The molecule has 0 atom stereocenters. The number of rotatable bonds is 12. The molecule has 0 unspecified atom stereocenters. The minimum absolute atomic E-state index is 0.196. The second kappa shape index (κ2) is 12.8. The first-order valence-electron chi connectivity index (χ1n) is 12.5. The Morgan fingerprint density at radius 3 is 2.10 bits per heavy atom. The molecule has 0 aliphatic heterocycles. The Bertz CT molecular complexity index is 660. The van der Waals surface area contributed by atoms with Crippen molar-refractivity contribution in [2.24, 2.45) is 11.8 Å². The van der Waals surface area contributed by atoms with Crippen LogP contribution in [-0.4, -0.2) is 10.5 Å². The van der Waals surface area contributed by atoms with Gasteiger partial charge in [-0.15, -0.1) is 0 Å². The van der Waals surface area contributed by atoms with Gasteiger partial charge in [-0.05, 0) is 30.2 Å². The van der Waals surface area contributed by atoms with Crippen molar-refractivity contribution in [2.75, 3.05) is 0 Å². The minimum Gasteiger partial charge on any atom is -0.198 e. The van der Waals surface area contributed by atoms with Crippen LogP contribution in [0.5, 0.6) is 0 Å². The van der Waals surface area contributed by atoms with Gasteiger partial charge in [-0.25, -0.2) is 0 Å². The molecule has 0 radical (unpaired) electrons. The largest absolute Gasteiger partial charge is 0.285 e. The van der Waals surface area contributed by atoms with E-state index in [1.807, 2.05) is 18.2 Å². The Labute approximate surface area is 193 Å². The zero-order valence-electron chi connectivity index (χ0n) is 19.2. The zero-order valence-corrected chi connectivity index (χ0v) is 20.0. The molecule has 1 aromatic rings. The third kappa shape index (κ3) is 7.48. The van der Waals surface area contributed by atoms with Gasteiger partial charge < -0.3 is 0 Å². The lowest BCUT2D eigenvalue weighted by Gasteiger charge is -2.41. The first-order chi connectivity index (χ1) is 15.1. The Balaban J connectivity index is 1.49. The van der Waals surface area contributed by atoms with Crippen LogP contribution in [0.25, 0.3) is 0 Å². The predicted molar refractivity (Wildman–Crippen MR) is 132 cm³/mol. The number of unbranched alkanes of at least 4 members (excludes halogenated alkanes) is 6. The Hall–Kier alpha value is -1.09. The summed E-state index contributed by atoms with van der Waals surface area (Å²) in [6, 6.07) is 10.3. The first-order valence-corrected chi connectivity index (χ1v) is 13.4. The van der Waals surface area contributed by atoms with E-state index in [4.69, 9.17) is 0 Å².